The van der Waals surface area contributed by atoms with Gasteiger partial charge in [-0.05, 0) is 61.9 Å². The van der Waals surface area contributed by atoms with Crippen LogP contribution >= 0.6 is 0 Å². The molecule has 0 radical (unpaired) electrons. The number of nitrogens with one attached hydrogen (secondary N) is 2. The average molecular weight is 230 g/mol. The molecule has 2 aliphatic rings. The highest BCUT2D eigenvalue weighted by atomic mass is 16.2. The highest BCUT2D eigenvalue weighted by molar-refractivity contribution is 5.95. The Morgan fingerprint density at radius 1 is 1.24 bits per heavy atom. The van der Waals surface area contributed by atoms with E-state index in [0.717, 1.165) is 31.5 Å². The van der Waals surface area contributed by atoms with Crippen LogP contribution in [0.2, 0.25) is 0 Å². The number of hydrogen-bond acceptors (Lipinski definition) is 2. The number of fused-ring (bicyclic) bond motifs is 1. The summed E-state index contributed by atoms with van der Waals surface area (Å²) in [7, 11) is 0. The van der Waals surface area contributed by atoms with Gasteiger partial charge in [0.15, 0.2) is 0 Å². The molecule has 1 aliphatic heterocycles. The zero-order chi connectivity index (χ0) is 11.7. The van der Waals surface area contributed by atoms with Crippen molar-refractivity contribution in [2.45, 2.75) is 38.1 Å². The van der Waals surface area contributed by atoms with Crippen LogP contribution in [0.1, 0.15) is 30.4 Å². The molecule has 1 heterocycles. The van der Waals surface area contributed by atoms with Gasteiger partial charge in [0, 0.05) is 5.69 Å². The first-order valence-electron chi connectivity index (χ1n) is 6.49. The highest BCUT2D eigenvalue weighted by Gasteiger charge is 2.22. The molecule has 1 aromatic carbocycles. The SMILES string of the molecule is O=C(Nc1ccc2c(c1)CCC2)[C@@H]1CCCN1. The van der Waals surface area contributed by atoms with Crippen molar-refractivity contribution in [1.82, 2.24) is 5.32 Å². The molecular weight excluding hydrogens is 212 g/mol. The summed E-state index contributed by atoms with van der Waals surface area (Å²) in [5.41, 5.74) is 3.80. The van der Waals surface area contributed by atoms with Crippen LogP contribution < -0.4 is 10.6 Å². The fourth-order valence-corrected chi connectivity index (χ4v) is 2.79. The lowest BCUT2D eigenvalue weighted by Crippen LogP contribution is -2.35. The van der Waals surface area contributed by atoms with Crippen molar-refractivity contribution in [3.8, 4) is 0 Å². The predicted octanol–water partition coefficient (Wildman–Crippen LogP) is 1.87. The maximum Gasteiger partial charge on any atom is 0.241 e. The molecule has 1 saturated heterocycles. The van der Waals surface area contributed by atoms with Gasteiger partial charge in [-0.25, -0.2) is 0 Å². The van der Waals surface area contributed by atoms with E-state index in [-0.39, 0.29) is 11.9 Å². The minimum Gasteiger partial charge on any atom is -0.325 e. The zero-order valence-corrected chi connectivity index (χ0v) is 9.96. The van der Waals surface area contributed by atoms with Gasteiger partial charge in [0.2, 0.25) is 5.91 Å². The number of carbonyl (C=O) groups is 1. The minimum atomic E-state index is 0.00301. The molecule has 1 atom stereocenters. The van der Waals surface area contributed by atoms with Crippen molar-refractivity contribution in [2.75, 3.05) is 11.9 Å². The molecule has 1 fully saturated rings. The Morgan fingerprint density at radius 2 is 2.12 bits per heavy atom. The fourth-order valence-electron chi connectivity index (χ4n) is 2.79. The second kappa shape index (κ2) is 4.49. The summed E-state index contributed by atoms with van der Waals surface area (Å²) in [4.78, 5) is 11.9. The van der Waals surface area contributed by atoms with Gasteiger partial charge >= 0.3 is 0 Å². The Morgan fingerprint density at radius 3 is 2.94 bits per heavy atom. The zero-order valence-electron chi connectivity index (χ0n) is 9.96. The number of amides is 1. The third-order valence-corrected chi connectivity index (χ3v) is 3.74. The van der Waals surface area contributed by atoms with Gasteiger partial charge in [-0.15, -0.1) is 0 Å². The van der Waals surface area contributed by atoms with E-state index in [2.05, 4.69) is 22.8 Å². The fraction of sp³-hybridized carbons (Fsp3) is 0.500. The Labute approximate surface area is 102 Å². The van der Waals surface area contributed by atoms with Crippen LogP contribution in [0.3, 0.4) is 0 Å². The van der Waals surface area contributed by atoms with E-state index in [9.17, 15) is 4.79 Å². The summed E-state index contributed by atoms with van der Waals surface area (Å²) in [6.45, 7) is 0.961. The van der Waals surface area contributed by atoms with Crippen LogP contribution in [0.5, 0.6) is 0 Å². The first kappa shape index (κ1) is 10.8. The summed E-state index contributed by atoms with van der Waals surface area (Å²) in [5.74, 6) is 0.112. The van der Waals surface area contributed by atoms with Gasteiger partial charge in [-0.2, -0.15) is 0 Å². The van der Waals surface area contributed by atoms with Crippen molar-refractivity contribution in [1.29, 1.82) is 0 Å². The second-order valence-corrected chi connectivity index (χ2v) is 4.98. The van der Waals surface area contributed by atoms with Crippen LogP contribution in [-0.2, 0) is 17.6 Å². The lowest BCUT2D eigenvalue weighted by molar-refractivity contribution is -0.117. The molecule has 1 amide bonds. The predicted molar refractivity (Wildman–Crippen MR) is 68.1 cm³/mol. The maximum absolute atomic E-state index is 11.9. The Hall–Kier alpha value is -1.35. The third kappa shape index (κ3) is 2.20. The Bertz CT molecular complexity index is 436. The van der Waals surface area contributed by atoms with Crippen LogP contribution in [0.4, 0.5) is 5.69 Å². The number of carbonyl (C=O) groups excluding carboxylic acids is 1. The second-order valence-electron chi connectivity index (χ2n) is 4.98. The van der Waals surface area contributed by atoms with E-state index in [1.54, 1.807) is 0 Å². The molecule has 0 aromatic heterocycles. The number of rotatable bonds is 2. The monoisotopic (exact) mass is 230 g/mol. The van der Waals surface area contributed by atoms with Crippen molar-refractivity contribution in [3.63, 3.8) is 0 Å². The molecule has 3 heteroatoms. The van der Waals surface area contributed by atoms with E-state index >= 15 is 0 Å². The smallest absolute Gasteiger partial charge is 0.241 e. The van der Waals surface area contributed by atoms with Crippen molar-refractivity contribution in [2.24, 2.45) is 0 Å². The van der Waals surface area contributed by atoms with Crippen LogP contribution in [0.25, 0.3) is 0 Å². The van der Waals surface area contributed by atoms with E-state index in [1.165, 1.54) is 24.0 Å². The lowest BCUT2D eigenvalue weighted by atomic mass is 10.1. The summed E-state index contributed by atoms with van der Waals surface area (Å²) in [6, 6.07) is 6.31. The van der Waals surface area contributed by atoms with Gasteiger partial charge in [0.1, 0.15) is 0 Å². The Balaban J connectivity index is 1.70. The molecule has 17 heavy (non-hydrogen) atoms. The van der Waals surface area contributed by atoms with Crippen molar-refractivity contribution in [3.05, 3.63) is 29.3 Å². The third-order valence-electron chi connectivity index (χ3n) is 3.74. The molecule has 1 aromatic rings. The van der Waals surface area contributed by atoms with Crippen molar-refractivity contribution >= 4 is 11.6 Å². The average Bonchev–Trinajstić information content (AvgIpc) is 2.99. The van der Waals surface area contributed by atoms with Crippen molar-refractivity contribution < 1.29 is 4.79 Å². The summed E-state index contributed by atoms with van der Waals surface area (Å²) in [5, 5.41) is 6.23. The van der Waals surface area contributed by atoms with E-state index < -0.39 is 0 Å². The van der Waals surface area contributed by atoms with Crippen LogP contribution in [-0.4, -0.2) is 18.5 Å². The lowest BCUT2D eigenvalue weighted by Gasteiger charge is -2.12. The topological polar surface area (TPSA) is 41.1 Å². The molecule has 3 rings (SSSR count). The Kier molecular flexibility index (Phi) is 2.85. The van der Waals surface area contributed by atoms with E-state index in [1.807, 2.05) is 6.07 Å². The normalized spacial score (nSPS) is 22.5. The maximum atomic E-state index is 11.9. The minimum absolute atomic E-state index is 0.00301. The molecular formula is C14H18N2O. The standard InChI is InChI=1S/C14H18N2O/c17-14(13-5-2-8-15-13)16-12-7-6-10-3-1-4-11(10)9-12/h6-7,9,13,15H,1-5,8H2,(H,16,17)/t13-/m0/s1. The molecule has 0 unspecified atom stereocenters. The first-order chi connectivity index (χ1) is 8.33. The molecule has 0 bridgehead atoms. The van der Waals surface area contributed by atoms with E-state index in [0.29, 0.717) is 0 Å². The molecule has 1 aliphatic carbocycles. The molecule has 2 N–H and O–H groups in total. The highest BCUT2D eigenvalue weighted by Crippen LogP contribution is 2.25. The van der Waals surface area contributed by atoms with Gasteiger partial charge < -0.3 is 10.6 Å². The number of aryl methyl sites for hydroxylation is 2. The first-order valence-corrected chi connectivity index (χ1v) is 6.49. The van der Waals surface area contributed by atoms with Gasteiger partial charge in [0.05, 0.1) is 6.04 Å². The molecule has 3 nitrogen and oxygen atoms in total. The number of anilines is 1. The van der Waals surface area contributed by atoms with Crippen LogP contribution in [0.15, 0.2) is 18.2 Å². The number of hydrogen-bond donors (Lipinski definition) is 2. The molecule has 90 valence electrons. The quantitative estimate of drug-likeness (QED) is 0.814. The van der Waals surface area contributed by atoms with E-state index in [4.69, 9.17) is 0 Å². The summed E-state index contributed by atoms with van der Waals surface area (Å²) >= 11 is 0. The van der Waals surface area contributed by atoms with Crippen LogP contribution in [0, 0.1) is 0 Å². The molecule has 0 saturated carbocycles. The molecule has 0 spiro atoms. The largest absolute Gasteiger partial charge is 0.325 e. The van der Waals surface area contributed by atoms with Gasteiger partial charge in [0.25, 0.3) is 0 Å². The van der Waals surface area contributed by atoms with Gasteiger partial charge in [-0.1, -0.05) is 6.07 Å². The van der Waals surface area contributed by atoms with Gasteiger partial charge in [-0.3, -0.25) is 4.79 Å². The number of benzene rings is 1. The summed E-state index contributed by atoms with van der Waals surface area (Å²) < 4.78 is 0. The summed E-state index contributed by atoms with van der Waals surface area (Å²) in [6.07, 6.45) is 5.64.